The molecule has 0 fully saturated rings. The predicted octanol–water partition coefficient (Wildman–Crippen LogP) is 18.4. The zero-order valence-electron chi connectivity index (χ0n) is 83.8. The Kier molecular flexibility index (Phi) is 36.7. The fourth-order valence-electron chi connectivity index (χ4n) is 16.5. The molecule has 6 atom stereocenters. The second kappa shape index (κ2) is 48.2. The SMILES string of the molecule is COc1ccc(CN(C(=O)[C@H](Cc2c(C)cc(C(N)=O)cc2C)NC(=O)OC(C)(C)C)[C@@H](C)c2ncc(-c3ccccc3Br)[nH]2)cc1OC.[C-]#[N+]c1ccccc1-c1cnc([C@H](C)N(Cc2ccc(OC)c(OC)c2)C(=O)[C@@H](N)Cc2c(C)cc(C(N)=O)cc2C)[nH]1.[C-]#[N+]c1ccccc1-c1cnc([C@H](C)N(Cc2ccc(OC)c(OC)c2)C(=O)[C@H](Cc2c(C)cc(C(N)=O)cc2C)NC(=O)OC(C)(C)C)[nH]1. The van der Waals surface area contributed by atoms with Gasteiger partial charge in [0, 0.05) is 70.3 Å². The summed E-state index contributed by atoms with van der Waals surface area (Å²) >= 11 is 3.61. The lowest BCUT2D eigenvalue weighted by atomic mass is 9.93. The van der Waals surface area contributed by atoms with E-state index in [-0.39, 0.29) is 50.7 Å². The molecular formula is C108H124BrN17O16. The first-order valence-electron chi connectivity index (χ1n) is 45.7. The number of carbonyl (C=O) groups excluding carboxylic acids is 8. The van der Waals surface area contributed by atoms with Crippen molar-refractivity contribution in [3.8, 4) is 68.3 Å². The van der Waals surface area contributed by atoms with Crippen molar-refractivity contribution in [3.63, 3.8) is 0 Å². The summed E-state index contributed by atoms with van der Waals surface area (Å²) in [4.78, 5) is 142. The minimum atomic E-state index is -1.08. The summed E-state index contributed by atoms with van der Waals surface area (Å²) in [6, 6.07) is 44.0. The lowest BCUT2D eigenvalue weighted by Crippen LogP contribution is -2.51. The molecule has 33 nitrogen and oxygen atoms in total. The van der Waals surface area contributed by atoms with Gasteiger partial charge in [0.25, 0.3) is 0 Å². The molecule has 8 amide bonds. The Labute approximate surface area is 836 Å². The molecule has 0 bridgehead atoms. The van der Waals surface area contributed by atoms with Crippen LogP contribution >= 0.6 is 15.9 Å². The number of aromatic amines is 3. The first kappa shape index (κ1) is 108. The molecule has 9 aromatic carbocycles. The van der Waals surface area contributed by atoms with Crippen LogP contribution < -0.4 is 62.0 Å². The molecule has 0 saturated heterocycles. The molecular weight excluding hydrogens is 1870 g/mol. The number of para-hydroxylation sites is 2. The Hall–Kier alpha value is -15.8. The molecule has 0 aliphatic heterocycles. The van der Waals surface area contributed by atoms with Crippen molar-refractivity contribution >= 4 is 74.9 Å². The third-order valence-electron chi connectivity index (χ3n) is 23.9. The van der Waals surface area contributed by atoms with E-state index in [0.29, 0.717) is 97.0 Å². The van der Waals surface area contributed by atoms with Gasteiger partial charge in [0.2, 0.25) is 35.4 Å². The van der Waals surface area contributed by atoms with Crippen LogP contribution in [0.3, 0.4) is 0 Å². The average Bonchev–Trinajstić information content (AvgIpc) is 1.41. The van der Waals surface area contributed by atoms with E-state index in [4.69, 9.17) is 74.0 Å². The number of aryl methyl sites for hydroxylation is 6. The standard InChI is InChI=1S/C38H44N6O6.C37H44BrN5O6.C33H36N6O4/c1-22-16-26(34(39)45)17-23(2)28(22)19-30(43-37(47)50-38(4,5)6)36(46)44(21-25-14-15-32(48-8)33(18-25)49-9)24(3)35-41-20-31(42-35)27-12-10-11-13-29(27)40-7;1-21-15-25(33(39)44)16-22(2)27(21)18-29(42-36(46)49-37(4,5)6)35(45)43(20-24-13-14-31(47-7)32(17-24)48-8)23(3)34-40-19-30(41-34)26-11-9-10-12-28(26)38;1-19-13-23(31(35)40)14-20(2)25(19)16-26(34)33(41)39(18-22-11-12-29(42-5)30(15-22)43-6)21(3)32-37-17-28(38-32)24-9-7-8-10-27(24)36-4/h10-18,20,24,30H,19,21H2,1-6,8-9H3,(H2,39,45)(H,41,42)(H,43,47);9-17,19,23,29H,18,20H2,1-8H3,(H2,39,44)(H,40,41)(H,42,46);7-15,17,21,26H,16,18,34H2,1-3,5-6H3,(H2,35,40)(H,37,38)/t24-,30-;23-,29-;21-,26-/m000/s1. The van der Waals surface area contributed by atoms with Crippen molar-refractivity contribution in [2.75, 3.05) is 42.7 Å². The Balaban J connectivity index is 0.000000220. The Morgan fingerprint density at radius 1 is 0.394 bits per heavy atom. The van der Waals surface area contributed by atoms with Gasteiger partial charge in [-0.05, 0) is 256 Å². The van der Waals surface area contributed by atoms with Crippen molar-refractivity contribution in [2.45, 2.75) is 190 Å². The number of primary amides is 3. The number of alkyl carbamates (subject to hydrolysis) is 2. The monoisotopic (exact) mass is 1990 g/mol. The number of rotatable bonds is 35. The summed E-state index contributed by atoms with van der Waals surface area (Å²) in [5, 5.41) is 5.66. The van der Waals surface area contributed by atoms with E-state index < -0.39 is 83.3 Å². The molecule has 0 radical (unpaired) electrons. The van der Waals surface area contributed by atoms with E-state index in [1.54, 1.807) is 189 Å². The Bertz CT molecular complexity index is 6630. The topological polar surface area (TPSA) is 443 Å². The largest absolute Gasteiger partial charge is 0.493 e. The number of carbonyl (C=O) groups is 8. The van der Waals surface area contributed by atoms with Crippen molar-refractivity contribution in [3.05, 3.63) is 311 Å². The van der Waals surface area contributed by atoms with E-state index in [0.717, 1.165) is 88.1 Å². The van der Waals surface area contributed by atoms with Gasteiger partial charge in [-0.15, -0.1) is 0 Å². The molecule has 142 heavy (non-hydrogen) atoms. The average molecular weight is 2000 g/mol. The molecule has 13 N–H and O–H groups in total. The molecule has 0 saturated carbocycles. The number of nitrogens with two attached hydrogens (primary N) is 4. The lowest BCUT2D eigenvalue weighted by Gasteiger charge is -2.33. The molecule has 0 unspecified atom stereocenters. The van der Waals surface area contributed by atoms with Crippen LogP contribution in [0.15, 0.2) is 187 Å². The molecule has 744 valence electrons. The number of methoxy groups -OCH3 is 6. The summed E-state index contributed by atoms with van der Waals surface area (Å²) in [7, 11) is 9.31. The fourth-order valence-corrected chi connectivity index (χ4v) is 17.0. The van der Waals surface area contributed by atoms with Gasteiger partial charge in [0.1, 0.15) is 40.8 Å². The smallest absolute Gasteiger partial charge is 0.408 e. The van der Waals surface area contributed by atoms with Crippen LogP contribution in [0.2, 0.25) is 0 Å². The molecule has 0 spiro atoms. The van der Waals surface area contributed by atoms with Crippen LogP contribution in [0.25, 0.3) is 43.5 Å². The number of ether oxygens (including phenoxy) is 8. The van der Waals surface area contributed by atoms with E-state index in [1.165, 1.54) is 7.11 Å². The van der Waals surface area contributed by atoms with Gasteiger partial charge < -0.3 is 101 Å². The number of aromatic nitrogens is 6. The Morgan fingerprint density at radius 3 is 0.951 bits per heavy atom. The summed E-state index contributed by atoms with van der Waals surface area (Å²) in [6.07, 6.45) is 4.05. The predicted molar refractivity (Wildman–Crippen MR) is 547 cm³/mol. The number of nitrogens with one attached hydrogen (secondary N) is 5. The highest BCUT2D eigenvalue weighted by Gasteiger charge is 2.38. The first-order valence-corrected chi connectivity index (χ1v) is 46.5. The van der Waals surface area contributed by atoms with Gasteiger partial charge in [-0.2, -0.15) is 0 Å². The van der Waals surface area contributed by atoms with E-state index >= 15 is 0 Å². The maximum absolute atomic E-state index is 14.9. The van der Waals surface area contributed by atoms with Crippen LogP contribution in [0.4, 0.5) is 21.0 Å². The third-order valence-corrected chi connectivity index (χ3v) is 24.6. The summed E-state index contributed by atoms with van der Waals surface area (Å²) in [5.74, 6) is 2.11. The highest BCUT2D eigenvalue weighted by atomic mass is 79.9. The van der Waals surface area contributed by atoms with E-state index in [9.17, 15) is 38.4 Å². The van der Waals surface area contributed by atoms with Crippen molar-refractivity contribution < 1.29 is 76.3 Å². The van der Waals surface area contributed by atoms with Crippen molar-refractivity contribution in [1.29, 1.82) is 0 Å². The van der Waals surface area contributed by atoms with Crippen LogP contribution in [-0.4, -0.2) is 164 Å². The quantitative estimate of drug-likeness (QED) is 0.0167. The van der Waals surface area contributed by atoms with Crippen LogP contribution in [0.5, 0.6) is 34.5 Å². The number of H-pyrrole nitrogens is 3. The van der Waals surface area contributed by atoms with Gasteiger partial charge >= 0.3 is 12.2 Å². The number of imidazole rings is 3. The highest BCUT2D eigenvalue weighted by Crippen LogP contribution is 2.39. The molecule has 12 aromatic rings. The van der Waals surface area contributed by atoms with Gasteiger partial charge in [0.05, 0.1) is 116 Å². The molecule has 3 aromatic heterocycles. The van der Waals surface area contributed by atoms with Crippen LogP contribution in [-0.2, 0) is 62.8 Å². The van der Waals surface area contributed by atoms with Gasteiger partial charge in [-0.3, -0.25) is 28.8 Å². The minimum absolute atomic E-state index is 0.103. The fraction of sp³-hybridized carbons (Fsp3) is 0.324. The maximum Gasteiger partial charge on any atom is 0.408 e. The molecule has 0 aliphatic carbocycles. The molecule has 12 rings (SSSR count). The summed E-state index contributed by atoms with van der Waals surface area (Å²) in [5.41, 5.74) is 37.6. The summed E-state index contributed by atoms with van der Waals surface area (Å²) < 4.78 is 44.9. The van der Waals surface area contributed by atoms with Crippen molar-refractivity contribution in [2.24, 2.45) is 22.9 Å². The lowest BCUT2D eigenvalue weighted by molar-refractivity contribution is -0.137. The Morgan fingerprint density at radius 2 is 0.669 bits per heavy atom. The second-order valence-corrected chi connectivity index (χ2v) is 37.1. The zero-order valence-corrected chi connectivity index (χ0v) is 85.4. The van der Waals surface area contributed by atoms with E-state index in [2.05, 4.69) is 66.2 Å². The minimum Gasteiger partial charge on any atom is -0.493 e. The number of hydrogen-bond donors (Lipinski definition) is 9. The number of amides is 8. The maximum atomic E-state index is 14.9. The van der Waals surface area contributed by atoms with E-state index in [1.807, 2.05) is 147 Å². The number of nitrogens with zero attached hydrogens (tertiary/aromatic N) is 8. The molecule has 0 aliphatic rings. The van der Waals surface area contributed by atoms with Gasteiger partial charge in [-0.1, -0.05) is 101 Å². The van der Waals surface area contributed by atoms with Crippen molar-refractivity contribution in [1.82, 2.24) is 55.2 Å². The molecule has 3 heterocycles. The van der Waals surface area contributed by atoms with Gasteiger partial charge in [-0.25, -0.2) is 34.2 Å². The molecule has 34 heteroatoms. The highest BCUT2D eigenvalue weighted by molar-refractivity contribution is 9.10. The van der Waals surface area contributed by atoms with Crippen LogP contribution in [0.1, 0.15) is 196 Å². The number of hydrogen-bond acceptors (Lipinski definition) is 20. The first-order chi connectivity index (χ1) is 67.3. The second-order valence-electron chi connectivity index (χ2n) is 36.3. The van der Waals surface area contributed by atoms with Crippen LogP contribution in [0, 0.1) is 54.7 Å². The third kappa shape index (κ3) is 27.6. The number of halogens is 1. The van der Waals surface area contributed by atoms with Gasteiger partial charge in [0.15, 0.2) is 45.9 Å². The normalized spacial score (nSPS) is 12.3. The zero-order chi connectivity index (χ0) is 104. The summed E-state index contributed by atoms with van der Waals surface area (Å²) in [6.45, 7) is 42.8. The number of benzene rings is 9.